The van der Waals surface area contributed by atoms with Crippen LogP contribution in [0.15, 0.2) is 54.7 Å². The molecule has 1 aromatic heterocycles. The second-order valence-corrected chi connectivity index (χ2v) is 6.58. The normalized spacial score (nSPS) is 14.0. The largest absolute Gasteiger partial charge is 0.370 e. The summed E-state index contributed by atoms with van der Waals surface area (Å²) in [6.45, 7) is 2.08. The number of pyridine rings is 1. The highest BCUT2D eigenvalue weighted by Crippen LogP contribution is 2.32. The van der Waals surface area contributed by atoms with Gasteiger partial charge in [-0.3, -0.25) is 9.78 Å². The number of rotatable bonds is 4. The van der Waals surface area contributed by atoms with Crippen molar-refractivity contribution in [3.8, 4) is 0 Å². The van der Waals surface area contributed by atoms with Crippen molar-refractivity contribution in [3.05, 3.63) is 66.1 Å². The van der Waals surface area contributed by atoms with E-state index in [1.807, 2.05) is 24.3 Å². The Kier molecular flexibility index (Phi) is 4.52. The number of halogens is 1. The summed E-state index contributed by atoms with van der Waals surface area (Å²) in [5.41, 5.74) is 3.40. The Labute approximate surface area is 151 Å². The number of nitrogens with zero attached hydrogens (tertiary/aromatic N) is 2. The first-order chi connectivity index (χ1) is 12.7. The second kappa shape index (κ2) is 7.12. The fourth-order valence-electron chi connectivity index (χ4n) is 3.51. The second-order valence-electron chi connectivity index (χ2n) is 6.58. The van der Waals surface area contributed by atoms with Crippen LogP contribution in [0.1, 0.15) is 18.4 Å². The number of anilines is 2. The van der Waals surface area contributed by atoms with E-state index in [4.69, 9.17) is 0 Å². The lowest BCUT2D eigenvalue weighted by Crippen LogP contribution is -2.19. The van der Waals surface area contributed by atoms with Crippen molar-refractivity contribution < 1.29 is 9.18 Å². The zero-order chi connectivity index (χ0) is 17.9. The van der Waals surface area contributed by atoms with E-state index in [2.05, 4.69) is 15.2 Å². The Morgan fingerprint density at radius 2 is 1.96 bits per heavy atom. The van der Waals surface area contributed by atoms with Gasteiger partial charge in [0.05, 0.1) is 23.3 Å². The van der Waals surface area contributed by atoms with Crippen molar-refractivity contribution in [1.29, 1.82) is 0 Å². The van der Waals surface area contributed by atoms with E-state index in [0.717, 1.165) is 35.4 Å². The fraction of sp³-hybridized carbons (Fsp3) is 0.238. The van der Waals surface area contributed by atoms with Gasteiger partial charge in [0.25, 0.3) is 0 Å². The van der Waals surface area contributed by atoms with Crippen LogP contribution in [0, 0.1) is 5.82 Å². The molecule has 0 aliphatic carbocycles. The summed E-state index contributed by atoms with van der Waals surface area (Å²) in [5, 5.41) is 3.87. The first-order valence-corrected chi connectivity index (χ1v) is 8.88. The molecule has 1 amide bonds. The quantitative estimate of drug-likeness (QED) is 0.769. The van der Waals surface area contributed by atoms with Crippen LogP contribution in [-0.2, 0) is 11.2 Å². The summed E-state index contributed by atoms with van der Waals surface area (Å²) >= 11 is 0. The molecular weight excluding hydrogens is 329 g/mol. The van der Waals surface area contributed by atoms with Gasteiger partial charge in [0.2, 0.25) is 5.91 Å². The number of carbonyl (C=O) groups is 1. The van der Waals surface area contributed by atoms with Crippen LogP contribution in [0.5, 0.6) is 0 Å². The molecule has 1 fully saturated rings. The average Bonchev–Trinajstić information content (AvgIpc) is 3.16. The molecule has 26 heavy (non-hydrogen) atoms. The summed E-state index contributed by atoms with van der Waals surface area (Å²) in [5.74, 6) is -0.505. The third kappa shape index (κ3) is 3.38. The van der Waals surface area contributed by atoms with Crippen LogP contribution in [0.3, 0.4) is 0 Å². The Balaban J connectivity index is 1.60. The van der Waals surface area contributed by atoms with E-state index in [1.165, 1.54) is 25.0 Å². The van der Waals surface area contributed by atoms with Crippen molar-refractivity contribution in [1.82, 2.24) is 4.98 Å². The van der Waals surface area contributed by atoms with E-state index >= 15 is 0 Å². The van der Waals surface area contributed by atoms with E-state index in [0.29, 0.717) is 5.56 Å². The number of hydrogen-bond donors (Lipinski definition) is 1. The fourth-order valence-corrected chi connectivity index (χ4v) is 3.51. The van der Waals surface area contributed by atoms with Gasteiger partial charge in [0, 0.05) is 24.7 Å². The summed E-state index contributed by atoms with van der Waals surface area (Å²) in [6.07, 6.45) is 4.30. The molecule has 1 N–H and O–H groups in total. The van der Waals surface area contributed by atoms with Crippen LogP contribution in [0.25, 0.3) is 10.9 Å². The van der Waals surface area contributed by atoms with E-state index < -0.39 is 0 Å². The molecule has 0 saturated carbocycles. The number of fused-ring (bicyclic) bond motifs is 1. The summed E-state index contributed by atoms with van der Waals surface area (Å²) < 4.78 is 13.3. The molecule has 2 aromatic carbocycles. The first kappa shape index (κ1) is 16.5. The van der Waals surface area contributed by atoms with Gasteiger partial charge in [-0.1, -0.05) is 12.1 Å². The minimum Gasteiger partial charge on any atom is -0.370 e. The molecule has 0 unspecified atom stereocenters. The molecule has 0 atom stereocenters. The molecule has 3 aromatic rings. The molecule has 132 valence electrons. The topological polar surface area (TPSA) is 45.2 Å². The van der Waals surface area contributed by atoms with Crippen molar-refractivity contribution in [2.24, 2.45) is 0 Å². The maximum absolute atomic E-state index is 13.3. The molecule has 1 aliphatic heterocycles. The summed E-state index contributed by atoms with van der Waals surface area (Å²) in [6, 6.07) is 13.9. The number of amides is 1. The molecule has 4 rings (SSSR count). The standard InChI is InChI=1S/C21H20FN3O/c22-16-6-3-5-15(13-16)14-20(26)24-18-8-9-19(25-11-1-2-12-25)21-17(18)7-4-10-23-21/h3-10,13H,1-2,11-12,14H2,(H,24,26). The average molecular weight is 349 g/mol. The number of hydrogen-bond acceptors (Lipinski definition) is 3. The maximum atomic E-state index is 13.3. The predicted octanol–water partition coefficient (Wildman–Crippen LogP) is 4.16. The lowest BCUT2D eigenvalue weighted by atomic mass is 10.1. The highest BCUT2D eigenvalue weighted by Gasteiger charge is 2.17. The van der Waals surface area contributed by atoms with E-state index in [1.54, 1.807) is 18.3 Å². The van der Waals surface area contributed by atoms with Crippen LogP contribution >= 0.6 is 0 Å². The zero-order valence-corrected chi connectivity index (χ0v) is 14.4. The van der Waals surface area contributed by atoms with Gasteiger partial charge in [0.15, 0.2) is 0 Å². The van der Waals surface area contributed by atoms with Gasteiger partial charge in [0.1, 0.15) is 5.82 Å². The van der Waals surface area contributed by atoms with E-state index in [-0.39, 0.29) is 18.1 Å². The van der Waals surface area contributed by atoms with Gasteiger partial charge < -0.3 is 10.2 Å². The summed E-state index contributed by atoms with van der Waals surface area (Å²) in [7, 11) is 0. The minimum absolute atomic E-state index is 0.132. The third-order valence-electron chi connectivity index (χ3n) is 4.72. The van der Waals surface area contributed by atoms with Gasteiger partial charge in [-0.15, -0.1) is 0 Å². The highest BCUT2D eigenvalue weighted by molar-refractivity contribution is 6.05. The zero-order valence-electron chi connectivity index (χ0n) is 14.4. The van der Waals surface area contributed by atoms with Crippen molar-refractivity contribution in [3.63, 3.8) is 0 Å². The van der Waals surface area contributed by atoms with Crippen molar-refractivity contribution in [2.75, 3.05) is 23.3 Å². The lowest BCUT2D eigenvalue weighted by Gasteiger charge is -2.20. The smallest absolute Gasteiger partial charge is 0.228 e. The molecule has 1 saturated heterocycles. The highest BCUT2D eigenvalue weighted by atomic mass is 19.1. The van der Waals surface area contributed by atoms with Crippen LogP contribution < -0.4 is 10.2 Å². The predicted molar refractivity (Wildman–Crippen MR) is 102 cm³/mol. The molecule has 5 heteroatoms. The first-order valence-electron chi connectivity index (χ1n) is 8.88. The van der Waals surface area contributed by atoms with Gasteiger partial charge >= 0.3 is 0 Å². The maximum Gasteiger partial charge on any atom is 0.228 e. The van der Waals surface area contributed by atoms with Gasteiger partial charge in [-0.2, -0.15) is 0 Å². The Morgan fingerprint density at radius 1 is 1.12 bits per heavy atom. The Bertz CT molecular complexity index is 951. The number of aromatic nitrogens is 1. The Morgan fingerprint density at radius 3 is 2.77 bits per heavy atom. The van der Waals surface area contributed by atoms with Crippen LogP contribution in [0.2, 0.25) is 0 Å². The van der Waals surface area contributed by atoms with Crippen molar-refractivity contribution >= 4 is 28.2 Å². The Hall–Kier alpha value is -2.95. The molecule has 1 aliphatic rings. The van der Waals surface area contributed by atoms with Gasteiger partial charge in [-0.05, 0) is 54.8 Å². The molecule has 0 bridgehead atoms. The number of nitrogens with one attached hydrogen (secondary N) is 1. The molecule has 0 spiro atoms. The molecule has 2 heterocycles. The number of carbonyl (C=O) groups excluding carboxylic acids is 1. The minimum atomic E-state index is -0.333. The third-order valence-corrected chi connectivity index (χ3v) is 4.72. The van der Waals surface area contributed by atoms with Crippen LogP contribution in [-0.4, -0.2) is 24.0 Å². The van der Waals surface area contributed by atoms with Crippen LogP contribution in [0.4, 0.5) is 15.8 Å². The van der Waals surface area contributed by atoms with Crippen molar-refractivity contribution in [2.45, 2.75) is 19.3 Å². The van der Waals surface area contributed by atoms with Gasteiger partial charge in [-0.25, -0.2) is 4.39 Å². The van der Waals surface area contributed by atoms with E-state index in [9.17, 15) is 9.18 Å². The molecule has 0 radical (unpaired) electrons. The monoisotopic (exact) mass is 349 g/mol. The summed E-state index contributed by atoms with van der Waals surface area (Å²) in [4.78, 5) is 19.3. The number of benzene rings is 2. The SMILES string of the molecule is O=C(Cc1cccc(F)c1)Nc1ccc(N2CCCC2)c2ncccc12. The molecular formula is C21H20FN3O. The lowest BCUT2D eigenvalue weighted by molar-refractivity contribution is -0.115. The molecule has 4 nitrogen and oxygen atoms in total.